The Morgan fingerprint density at radius 1 is 1.12 bits per heavy atom. The van der Waals surface area contributed by atoms with Crippen molar-refractivity contribution >= 4 is 45.0 Å². The Bertz CT molecular complexity index is 1890. The molecule has 0 radical (unpaired) electrons. The number of rotatable bonds is 6. The topological polar surface area (TPSA) is 109 Å². The molecule has 0 unspecified atom stereocenters. The lowest BCUT2D eigenvalue weighted by Gasteiger charge is -2.19. The van der Waals surface area contributed by atoms with Gasteiger partial charge in [0, 0.05) is 41.5 Å². The predicted octanol–water partition coefficient (Wildman–Crippen LogP) is 6.68. The molecule has 1 aliphatic carbocycles. The Morgan fingerprint density at radius 2 is 1.98 bits per heavy atom. The average molecular weight is 562 g/mol. The number of anilines is 2. The van der Waals surface area contributed by atoms with E-state index in [4.69, 9.17) is 19.4 Å². The lowest BCUT2D eigenvalue weighted by molar-refractivity contribution is 0.0522. The molecule has 3 aromatic heterocycles. The summed E-state index contributed by atoms with van der Waals surface area (Å²) >= 11 is 0. The number of ether oxygens (including phenoxy) is 2. The zero-order chi connectivity index (χ0) is 29.3. The summed E-state index contributed by atoms with van der Waals surface area (Å²) in [6.07, 6.45) is 13.5. The van der Waals surface area contributed by atoms with Crippen LogP contribution >= 0.6 is 0 Å². The van der Waals surface area contributed by atoms with Gasteiger partial charge in [-0.15, -0.1) is 0 Å². The molecule has 0 amide bonds. The molecule has 0 spiro atoms. The average Bonchev–Trinajstić information content (AvgIpc) is 3.49. The number of fused-ring (bicyclic) bond motifs is 2. The first kappa shape index (κ1) is 26.9. The summed E-state index contributed by atoms with van der Waals surface area (Å²) in [4.78, 5) is 26.8. The molecule has 0 aliphatic heterocycles. The number of carbonyl (C=O) groups is 1. The van der Waals surface area contributed by atoms with Gasteiger partial charge in [-0.2, -0.15) is 9.78 Å². The van der Waals surface area contributed by atoms with E-state index >= 15 is 0 Å². The Kier molecular flexibility index (Phi) is 7.03. The summed E-state index contributed by atoms with van der Waals surface area (Å²) in [5.74, 6) is 2.79. The van der Waals surface area contributed by atoms with Gasteiger partial charge in [0.25, 0.3) is 0 Å². The molecule has 0 saturated heterocycles. The third kappa shape index (κ3) is 5.78. The highest BCUT2D eigenvalue weighted by atomic mass is 16.6. The Balaban J connectivity index is 1.30. The van der Waals surface area contributed by atoms with Crippen molar-refractivity contribution in [1.29, 1.82) is 0 Å². The lowest BCUT2D eigenvalue weighted by Crippen LogP contribution is -2.27. The first-order valence-corrected chi connectivity index (χ1v) is 13.7. The van der Waals surface area contributed by atoms with E-state index in [-0.39, 0.29) is 0 Å². The van der Waals surface area contributed by atoms with Crippen molar-refractivity contribution in [2.45, 2.75) is 39.4 Å². The monoisotopic (exact) mass is 561 g/mol. The molecule has 0 bridgehead atoms. The molecule has 1 N–H and O–H groups in total. The Morgan fingerprint density at radius 3 is 2.79 bits per heavy atom. The zero-order valence-electron chi connectivity index (χ0n) is 23.9. The van der Waals surface area contributed by atoms with E-state index in [0.717, 1.165) is 39.8 Å². The lowest BCUT2D eigenvalue weighted by atomic mass is 10.1. The molecular formula is C32H31N7O3. The van der Waals surface area contributed by atoms with E-state index in [1.165, 1.54) is 4.68 Å². The quantitative estimate of drug-likeness (QED) is 0.244. The van der Waals surface area contributed by atoms with Crippen LogP contribution in [0.25, 0.3) is 27.4 Å². The predicted molar refractivity (Wildman–Crippen MR) is 162 cm³/mol. The van der Waals surface area contributed by atoms with Crippen molar-refractivity contribution in [3.8, 4) is 0 Å². The van der Waals surface area contributed by atoms with Crippen LogP contribution in [0.4, 0.5) is 16.3 Å². The molecule has 212 valence electrons. The van der Waals surface area contributed by atoms with Crippen LogP contribution in [0.2, 0.25) is 0 Å². The van der Waals surface area contributed by atoms with Gasteiger partial charge in [-0.05, 0) is 69.7 Å². The number of nitrogens with zero attached hydrogens (tertiary/aromatic N) is 6. The number of carbonyl (C=O) groups excluding carboxylic acids is 1. The van der Waals surface area contributed by atoms with Crippen molar-refractivity contribution in [1.82, 2.24) is 29.3 Å². The number of imidazole rings is 1. The summed E-state index contributed by atoms with van der Waals surface area (Å²) in [6.45, 7) is 5.83. The van der Waals surface area contributed by atoms with Crippen LogP contribution in [-0.2, 0) is 23.1 Å². The van der Waals surface area contributed by atoms with Gasteiger partial charge in [-0.25, -0.2) is 19.7 Å². The molecule has 0 fully saturated rings. The number of hydrogen-bond acceptors (Lipinski definition) is 8. The van der Waals surface area contributed by atoms with Crippen LogP contribution in [0.1, 0.15) is 38.8 Å². The largest absolute Gasteiger partial charge is 0.486 e. The van der Waals surface area contributed by atoms with Gasteiger partial charge in [0.1, 0.15) is 29.6 Å². The van der Waals surface area contributed by atoms with Crippen LogP contribution in [0.3, 0.4) is 0 Å². The molecular weight excluding hydrogens is 530 g/mol. The zero-order valence-corrected chi connectivity index (χ0v) is 23.9. The fraction of sp³-hybridized carbons (Fsp3) is 0.219. The highest BCUT2D eigenvalue weighted by Crippen LogP contribution is 2.29. The number of aromatic nitrogens is 6. The second-order valence-electron chi connectivity index (χ2n) is 10.9. The van der Waals surface area contributed by atoms with Crippen molar-refractivity contribution in [3.05, 3.63) is 103 Å². The van der Waals surface area contributed by atoms with Crippen molar-refractivity contribution in [2.75, 3.05) is 5.32 Å². The van der Waals surface area contributed by atoms with Gasteiger partial charge in [0.05, 0.1) is 17.2 Å². The van der Waals surface area contributed by atoms with Crippen LogP contribution in [0, 0.1) is 0 Å². The van der Waals surface area contributed by atoms with E-state index in [2.05, 4.69) is 21.5 Å². The van der Waals surface area contributed by atoms with E-state index in [1.807, 2.05) is 99.3 Å². The van der Waals surface area contributed by atoms with Gasteiger partial charge in [-0.3, -0.25) is 0 Å². The van der Waals surface area contributed by atoms with E-state index in [9.17, 15) is 4.79 Å². The number of nitrogens with one attached hydrogen (secondary N) is 1. The molecule has 1 aliphatic rings. The molecule has 6 rings (SSSR count). The number of para-hydroxylation sites is 1. The number of allylic oxidation sites excluding steroid dienone is 5. The van der Waals surface area contributed by atoms with E-state index in [0.29, 0.717) is 29.5 Å². The third-order valence-electron chi connectivity index (χ3n) is 6.60. The van der Waals surface area contributed by atoms with E-state index in [1.54, 1.807) is 12.4 Å². The fourth-order valence-corrected chi connectivity index (χ4v) is 4.57. The van der Waals surface area contributed by atoms with E-state index < -0.39 is 11.7 Å². The second-order valence-corrected chi connectivity index (χ2v) is 10.9. The molecule has 3 heterocycles. The van der Waals surface area contributed by atoms with Crippen LogP contribution in [0.15, 0.2) is 91.1 Å². The van der Waals surface area contributed by atoms with Crippen LogP contribution in [0.5, 0.6) is 0 Å². The SMILES string of the molecule is Cn1ccnc1COC1=CC(c2nc(Nc3ccc4c(cnn4C(=O)OC(C)(C)C)c3)c3ccccc3n2)=CCC=C1. The summed E-state index contributed by atoms with van der Waals surface area (Å²) in [6, 6.07) is 13.5. The normalized spacial score (nSPS) is 13.5. The summed E-state index contributed by atoms with van der Waals surface area (Å²) in [5, 5.41) is 9.39. The first-order valence-electron chi connectivity index (χ1n) is 13.7. The highest BCUT2D eigenvalue weighted by molar-refractivity contribution is 5.94. The van der Waals surface area contributed by atoms with Gasteiger partial charge in [-0.1, -0.05) is 24.3 Å². The molecule has 5 aromatic rings. The minimum absolute atomic E-state index is 0.353. The van der Waals surface area contributed by atoms with Crippen molar-refractivity contribution < 1.29 is 14.3 Å². The molecule has 0 saturated carbocycles. The first-order chi connectivity index (χ1) is 20.2. The third-order valence-corrected chi connectivity index (χ3v) is 6.60. The number of benzene rings is 2. The Labute approximate surface area is 243 Å². The highest BCUT2D eigenvalue weighted by Gasteiger charge is 2.20. The van der Waals surface area contributed by atoms with Crippen molar-refractivity contribution in [3.63, 3.8) is 0 Å². The summed E-state index contributed by atoms with van der Waals surface area (Å²) in [5.41, 5.74) is 2.50. The molecule has 2 aromatic carbocycles. The minimum atomic E-state index is -0.619. The Hall–Kier alpha value is -5.25. The molecule has 10 nitrogen and oxygen atoms in total. The summed E-state index contributed by atoms with van der Waals surface area (Å²) < 4.78 is 14.8. The standard InChI is InChI=1S/C32H31N7O3/c1-32(2,3)42-31(40)39-27-14-13-23(17-22(27)19-34-39)35-30-25-11-7-8-12-26(25)36-29(37-30)21-9-5-6-10-24(18-21)41-20-28-33-15-16-38(28)4/h6-19H,5,20H2,1-4H3,(H,35,36,37). The molecule has 0 atom stereocenters. The van der Waals surface area contributed by atoms with Crippen molar-refractivity contribution in [2.24, 2.45) is 7.05 Å². The maximum absolute atomic E-state index is 12.6. The smallest absolute Gasteiger partial charge is 0.435 e. The number of hydrogen-bond donors (Lipinski definition) is 1. The van der Waals surface area contributed by atoms with Gasteiger partial charge in [0.15, 0.2) is 5.82 Å². The minimum Gasteiger partial charge on any atom is -0.486 e. The van der Waals surface area contributed by atoms with Gasteiger partial charge >= 0.3 is 6.09 Å². The summed E-state index contributed by atoms with van der Waals surface area (Å²) in [7, 11) is 1.94. The fourth-order valence-electron chi connectivity index (χ4n) is 4.57. The second kappa shape index (κ2) is 11.0. The molecule has 42 heavy (non-hydrogen) atoms. The maximum Gasteiger partial charge on any atom is 0.435 e. The number of aryl methyl sites for hydroxylation is 1. The maximum atomic E-state index is 12.6. The molecule has 10 heteroatoms. The van der Waals surface area contributed by atoms with Gasteiger partial charge < -0.3 is 19.4 Å². The van der Waals surface area contributed by atoms with Crippen LogP contribution < -0.4 is 5.32 Å². The van der Waals surface area contributed by atoms with Gasteiger partial charge in [0.2, 0.25) is 0 Å². The van der Waals surface area contributed by atoms with Crippen LogP contribution in [-0.4, -0.2) is 41.0 Å².